The molecule has 0 unspecified atom stereocenters. The molecule has 0 aliphatic carbocycles. The zero-order valence-electron chi connectivity index (χ0n) is 9.84. The summed E-state index contributed by atoms with van der Waals surface area (Å²) in [5, 5.41) is 12.2. The Labute approximate surface area is 92.8 Å². The molecule has 1 saturated heterocycles. The molecule has 1 rings (SSSR count). The normalized spacial score (nSPS) is 21.8. The van der Waals surface area contributed by atoms with E-state index in [0.29, 0.717) is 13.1 Å². The highest BCUT2D eigenvalue weighted by atomic mass is 16.3. The number of nitrogens with zero attached hydrogens (tertiary/aromatic N) is 1. The Morgan fingerprint density at radius 1 is 1.40 bits per heavy atom. The highest BCUT2D eigenvalue weighted by Gasteiger charge is 2.32. The van der Waals surface area contributed by atoms with Crippen molar-refractivity contribution in [2.45, 2.75) is 31.7 Å². The molecular formula is C11H25N3O. The molecule has 1 aliphatic rings. The SMILES string of the molecule is CCCN1CCC(CN)(NCCO)CC1. The second-order valence-corrected chi connectivity index (χ2v) is 4.48. The molecule has 0 radical (unpaired) electrons. The first-order valence-corrected chi connectivity index (χ1v) is 6.04. The largest absolute Gasteiger partial charge is 0.395 e. The molecule has 0 aromatic rings. The van der Waals surface area contributed by atoms with Gasteiger partial charge in [-0.25, -0.2) is 0 Å². The Morgan fingerprint density at radius 3 is 2.53 bits per heavy atom. The summed E-state index contributed by atoms with van der Waals surface area (Å²) in [7, 11) is 0. The second kappa shape index (κ2) is 6.43. The van der Waals surface area contributed by atoms with Crippen LogP contribution in [-0.2, 0) is 0 Å². The predicted octanol–water partition coefficient (Wildman–Crippen LogP) is -0.228. The monoisotopic (exact) mass is 215 g/mol. The number of piperidine rings is 1. The number of nitrogens with one attached hydrogen (secondary N) is 1. The third-order valence-corrected chi connectivity index (χ3v) is 3.36. The van der Waals surface area contributed by atoms with Crippen LogP contribution in [0.3, 0.4) is 0 Å². The van der Waals surface area contributed by atoms with Crippen LogP contribution in [0.5, 0.6) is 0 Å². The van der Waals surface area contributed by atoms with Crippen LogP contribution in [0.15, 0.2) is 0 Å². The number of likely N-dealkylation sites (tertiary alicyclic amines) is 1. The van der Waals surface area contributed by atoms with E-state index >= 15 is 0 Å². The first kappa shape index (κ1) is 12.9. The number of hydrogen-bond acceptors (Lipinski definition) is 4. The maximum absolute atomic E-state index is 8.83. The van der Waals surface area contributed by atoms with Crippen molar-refractivity contribution >= 4 is 0 Å². The van der Waals surface area contributed by atoms with E-state index in [1.54, 1.807) is 0 Å². The Balaban J connectivity index is 2.36. The van der Waals surface area contributed by atoms with E-state index in [1.165, 1.54) is 13.0 Å². The first-order chi connectivity index (χ1) is 7.26. The van der Waals surface area contributed by atoms with Crippen LogP contribution >= 0.6 is 0 Å². The van der Waals surface area contributed by atoms with Gasteiger partial charge in [0.2, 0.25) is 0 Å². The molecule has 4 heteroatoms. The van der Waals surface area contributed by atoms with Crippen LogP contribution in [0, 0.1) is 0 Å². The van der Waals surface area contributed by atoms with Crippen LogP contribution in [0.1, 0.15) is 26.2 Å². The van der Waals surface area contributed by atoms with Crippen LogP contribution in [-0.4, -0.2) is 54.9 Å². The minimum absolute atomic E-state index is 0.0764. The second-order valence-electron chi connectivity index (χ2n) is 4.48. The Hall–Kier alpha value is -0.160. The van der Waals surface area contributed by atoms with E-state index in [4.69, 9.17) is 10.8 Å². The summed E-state index contributed by atoms with van der Waals surface area (Å²) in [6.45, 7) is 7.20. The fraction of sp³-hybridized carbons (Fsp3) is 1.00. The zero-order valence-corrected chi connectivity index (χ0v) is 9.84. The number of hydrogen-bond donors (Lipinski definition) is 3. The van der Waals surface area contributed by atoms with Gasteiger partial charge in [0.05, 0.1) is 6.61 Å². The molecule has 90 valence electrons. The quantitative estimate of drug-likeness (QED) is 0.573. The van der Waals surface area contributed by atoms with E-state index in [9.17, 15) is 0 Å². The van der Waals surface area contributed by atoms with E-state index in [0.717, 1.165) is 25.9 Å². The lowest BCUT2D eigenvalue weighted by molar-refractivity contribution is 0.133. The Morgan fingerprint density at radius 2 is 2.07 bits per heavy atom. The first-order valence-electron chi connectivity index (χ1n) is 6.04. The summed E-state index contributed by atoms with van der Waals surface area (Å²) in [5.74, 6) is 0. The molecular weight excluding hydrogens is 190 g/mol. The molecule has 4 nitrogen and oxygen atoms in total. The summed E-state index contributed by atoms with van der Waals surface area (Å²) < 4.78 is 0. The van der Waals surface area contributed by atoms with Gasteiger partial charge in [-0.2, -0.15) is 0 Å². The van der Waals surface area contributed by atoms with E-state index in [1.807, 2.05) is 0 Å². The summed E-state index contributed by atoms with van der Waals surface area (Å²) in [6.07, 6.45) is 3.42. The van der Waals surface area contributed by atoms with Gasteiger partial charge in [-0.1, -0.05) is 6.92 Å². The third-order valence-electron chi connectivity index (χ3n) is 3.36. The molecule has 0 spiro atoms. The molecule has 0 bridgehead atoms. The molecule has 0 amide bonds. The van der Waals surface area contributed by atoms with Gasteiger partial charge in [0.1, 0.15) is 0 Å². The van der Waals surface area contributed by atoms with Crippen molar-refractivity contribution in [3.63, 3.8) is 0 Å². The van der Waals surface area contributed by atoms with Gasteiger partial charge >= 0.3 is 0 Å². The van der Waals surface area contributed by atoms with Crippen molar-refractivity contribution in [1.29, 1.82) is 0 Å². The maximum atomic E-state index is 8.83. The molecule has 1 aliphatic heterocycles. The smallest absolute Gasteiger partial charge is 0.0556 e. The van der Waals surface area contributed by atoms with Gasteiger partial charge in [0, 0.05) is 18.6 Å². The Kier molecular flexibility index (Phi) is 5.53. The molecule has 0 aromatic carbocycles. The van der Waals surface area contributed by atoms with Gasteiger partial charge in [0.15, 0.2) is 0 Å². The third kappa shape index (κ3) is 3.72. The summed E-state index contributed by atoms with van der Waals surface area (Å²) in [6, 6.07) is 0. The zero-order chi connectivity index (χ0) is 11.1. The van der Waals surface area contributed by atoms with Crippen LogP contribution < -0.4 is 11.1 Å². The highest BCUT2D eigenvalue weighted by molar-refractivity contribution is 4.94. The standard InChI is InChI=1S/C11H25N3O/c1-2-6-14-7-3-11(10-12,4-8-14)13-5-9-15/h13,15H,2-10,12H2,1H3. The molecule has 15 heavy (non-hydrogen) atoms. The van der Waals surface area contributed by atoms with E-state index in [2.05, 4.69) is 17.1 Å². The molecule has 0 saturated carbocycles. The van der Waals surface area contributed by atoms with Crippen molar-refractivity contribution in [1.82, 2.24) is 10.2 Å². The minimum Gasteiger partial charge on any atom is -0.395 e. The fourth-order valence-electron chi connectivity index (χ4n) is 2.30. The summed E-state index contributed by atoms with van der Waals surface area (Å²) in [4.78, 5) is 2.49. The van der Waals surface area contributed by atoms with Crippen LogP contribution in [0.2, 0.25) is 0 Å². The van der Waals surface area contributed by atoms with Crippen LogP contribution in [0.25, 0.3) is 0 Å². The summed E-state index contributed by atoms with van der Waals surface area (Å²) in [5.41, 5.74) is 5.91. The van der Waals surface area contributed by atoms with Crippen molar-refractivity contribution in [3.05, 3.63) is 0 Å². The molecule has 0 aromatic heterocycles. The molecule has 0 atom stereocenters. The predicted molar refractivity (Wildman–Crippen MR) is 62.8 cm³/mol. The number of aliphatic hydroxyl groups excluding tert-OH is 1. The van der Waals surface area contributed by atoms with Gasteiger partial charge in [-0.05, 0) is 38.9 Å². The number of β-amino-alcohol motifs (C(OH)–C–C–N with tert-alkyl or cyclic N) is 1. The average Bonchev–Trinajstić information content (AvgIpc) is 2.29. The fourth-order valence-corrected chi connectivity index (χ4v) is 2.30. The van der Waals surface area contributed by atoms with Gasteiger partial charge in [0.25, 0.3) is 0 Å². The van der Waals surface area contributed by atoms with Gasteiger partial charge in [-0.3, -0.25) is 0 Å². The molecule has 1 heterocycles. The van der Waals surface area contributed by atoms with E-state index in [-0.39, 0.29) is 12.1 Å². The van der Waals surface area contributed by atoms with Crippen LogP contribution in [0.4, 0.5) is 0 Å². The Bertz CT molecular complexity index is 167. The number of nitrogens with two attached hydrogens (primary N) is 1. The lowest BCUT2D eigenvalue weighted by Gasteiger charge is -2.41. The van der Waals surface area contributed by atoms with Gasteiger partial charge in [-0.15, -0.1) is 0 Å². The number of rotatable bonds is 6. The molecule has 1 fully saturated rings. The topological polar surface area (TPSA) is 61.5 Å². The number of aliphatic hydroxyl groups is 1. The molecule has 4 N–H and O–H groups in total. The maximum Gasteiger partial charge on any atom is 0.0556 e. The minimum atomic E-state index is 0.0764. The van der Waals surface area contributed by atoms with Crippen molar-refractivity contribution in [2.24, 2.45) is 5.73 Å². The van der Waals surface area contributed by atoms with Crippen molar-refractivity contribution in [2.75, 3.05) is 39.3 Å². The van der Waals surface area contributed by atoms with Crippen molar-refractivity contribution in [3.8, 4) is 0 Å². The van der Waals surface area contributed by atoms with E-state index < -0.39 is 0 Å². The lowest BCUT2D eigenvalue weighted by atomic mass is 9.87. The van der Waals surface area contributed by atoms with Crippen molar-refractivity contribution < 1.29 is 5.11 Å². The highest BCUT2D eigenvalue weighted by Crippen LogP contribution is 2.21. The summed E-state index contributed by atoms with van der Waals surface area (Å²) >= 11 is 0. The van der Waals surface area contributed by atoms with Gasteiger partial charge < -0.3 is 21.1 Å². The lowest BCUT2D eigenvalue weighted by Crippen LogP contribution is -2.58. The average molecular weight is 215 g/mol.